The highest BCUT2D eigenvalue weighted by Gasteiger charge is 2.25. The molecular weight excluding hydrogens is 368 g/mol. The molecule has 7 heteroatoms. The van der Waals surface area contributed by atoms with Crippen molar-refractivity contribution in [2.75, 3.05) is 36.6 Å². The average Bonchev–Trinajstić information content (AvgIpc) is 3.27. The highest BCUT2D eigenvalue weighted by atomic mass is 16.5. The number of anilines is 2. The van der Waals surface area contributed by atoms with Gasteiger partial charge in [-0.25, -0.2) is 9.97 Å². The number of nitrogens with zero attached hydrogens (tertiary/aromatic N) is 3. The van der Waals surface area contributed by atoms with Crippen LogP contribution in [0.25, 0.3) is 0 Å². The predicted octanol–water partition coefficient (Wildman–Crippen LogP) is 2.75. The predicted molar refractivity (Wildman–Crippen MR) is 112 cm³/mol. The zero-order chi connectivity index (χ0) is 19.9. The summed E-state index contributed by atoms with van der Waals surface area (Å²) < 4.78 is 11.4. The van der Waals surface area contributed by atoms with E-state index in [1.165, 1.54) is 11.1 Å². The molecule has 2 fully saturated rings. The van der Waals surface area contributed by atoms with Gasteiger partial charge in [0, 0.05) is 32.4 Å². The molecule has 1 aromatic carbocycles. The molecule has 2 aromatic rings. The number of rotatable bonds is 8. The standard InChI is InChI=1S/C22H30N4O3/c27-14-19-5-2-8-26(19)22-12-21(24-16-25-22)23-13-17-3-1-4-18(11-17)15-29-20-6-9-28-10-7-20/h1,3-4,11-12,16,19-20,27H,2,5-10,13-15H2,(H,23,24,25). The zero-order valence-electron chi connectivity index (χ0n) is 16.8. The van der Waals surface area contributed by atoms with Gasteiger partial charge in [0.25, 0.3) is 0 Å². The second-order valence-corrected chi connectivity index (χ2v) is 7.73. The quantitative estimate of drug-likeness (QED) is 0.708. The maximum Gasteiger partial charge on any atom is 0.134 e. The van der Waals surface area contributed by atoms with Gasteiger partial charge in [-0.15, -0.1) is 0 Å². The molecule has 0 bridgehead atoms. The summed E-state index contributed by atoms with van der Waals surface area (Å²) >= 11 is 0. The van der Waals surface area contributed by atoms with Crippen LogP contribution in [-0.4, -0.2) is 53.6 Å². The van der Waals surface area contributed by atoms with Crippen molar-refractivity contribution < 1.29 is 14.6 Å². The van der Waals surface area contributed by atoms with Gasteiger partial charge in [-0.3, -0.25) is 0 Å². The van der Waals surface area contributed by atoms with Gasteiger partial charge in [0.05, 0.1) is 25.4 Å². The van der Waals surface area contributed by atoms with Crippen LogP contribution in [0.15, 0.2) is 36.7 Å². The Morgan fingerprint density at radius 1 is 1.14 bits per heavy atom. The fourth-order valence-corrected chi connectivity index (χ4v) is 4.01. The Morgan fingerprint density at radius 2 is 2.00 bits per heavy atom. The molecule has 156 valence electrons. The Hall–Kier alpha value is -2.22. The van der Waals surface area contributed by atoms with Crippen LogP contribution in [0.5, 0.6) is 0 Å². The van der Waals surface area contributed by atoms with Gasteiger partial charge in [0.2, 0.25) is 0 Å². The van der Waals surface area contributed by atoms with E-state index < -0.39 is 0 Å². The van der Waals surface area contributed by atoms with Crippen molar-refractivity contribution in [2.24, 2.45) is 0 Å². The Balaban J connectivity index is 1.32. The summed E-state index contributed by atoms with van der Waals surface area (Å²) in [5.41, 5.74) is 2.37. The smallest absolute Gasteiger partial charge is 0.134 e. The van der Waals surface area contributed by atoms with Crippen molar-refractivity contribution in [3.63, 3.8) is 0 Å². The second-order valence-electron chi connectivity index (χ2n) is 7.73. The Bertz CT molecular complexity index is 782. The summed E-state index contributed by atoms with van der Waals surface area (Å²) in [6, 6.07) is 10.6. The third kappa shape index (κ3) is 5.44. The van der Waals surface area contributed by atoms with Crippen LogP contribution in [0, 0.1) is 0 Å². The monoisotopic (exact) mass is 398 g/mol. The van der Waals surface area contributed by atoms with Crippen molar-refractivity contribution in [3.05, 3.63) is 47.8 Å². The summed E-state index contributed by atoms with van der Waals surface area (Å²) in [6.07, 6.45) is 5.94. The number of nitrogens with one attached hydrogen (secondary N) is 1. The number of aliphatic hydroxyl groups excluding tert-OH is 1. The van der Waals surface area contributed by atoms with Crippen molar-refractivity contribution in [3.8, 4) is 0 Å². The van der Waals surface area contributed by atoms with E-state index in [9.17, 15) is 5.11 Å². The third-order valence-corrected chi connectivity index (χ3v) is 5.65. The SMILES string of the molecule is OCC1CCCN1c1cc(NCc2cccc(COC3CCOCC3)c2)ncn1. The topological polar surface area (TPSA) is 79.7 Å². The summed E-state index contributed by atoms with van der Waals surface area (Å²) in [4.78, 5) is 10.9. The number of hydrogen-bond donors (Lipinski definition) is 2. The lowest BCUT2D eigenvalue weighted by Gasteiger charge is -2.24. The first kappa shape index (κ1) is 20.1. The molecule has 7 nitrogen and oxygen atoms in total. The number of aromatic nitrogens is 2. The molecule has 0 amide bonds. The molecule has 1 unspecified atom stereocenters. The van der Waals surface area contributed by atoms with Gasteiger partial charge in [0.15, 0.2) is 0 Å². The number of benzene rings is 1. The summed E-state index contributed by atoms with van der Waals surface area (Å²) in [6.45, 7) is 4.00. The first-order valence-corrected chi connectivity index (χ1v) is 10.5. The van der Waals surface area contributed by atoms with Gasteiger partial charge in [-0.1, -0.05) is 24.3 Å². The Morgan fingerprint density at radius 3 is 2.86 bits per heavy atom. The number of ether oxygens (including phenoxy) is 2. The van der Waals surface area contributed by atoms with E-state index in [0.29, 0.717) is 19.3 Å². The van der Waals surface area contributed by atoms with E-state index in [4.69, 9.17) is 9.47 Å². The second kappa shape index (κ2) is 10.0. The molecule has 0 aliphatic carbocycles. The summed E-state index contributed by atoms with van der Waals surface area (Å²) in [5, 5.41) is 12.9. The molecule has 1 atom stereocenters. The molecule has 0 spiro atoms. The van der Waals surface area contributed by atoms with Gasteiger partial charge >= 0.3 is 0 Å². The van der Waals surface area contributed by atoms with E-state index in [2.05, 4.69) is 44.5 Å². The first-order chi connectivity index (χ1) is 14.3. The molecule has 0 saturated carbocycles. The highest BCUT2D eigenvalue weighted by molar-refractivity contribution is 5.50. The van der Waals surface area contributed by atoms with E-state index >= 15 is 0 Å². The fourth-order valence-electron chi connectivity index (χ4n) is 4.01. The number of aliphatic hydroxyl groups is 1. The maximum atomic E-state index is 9.55. The largest absolute Gasteiger partial charge is 0.394 e. The van der Waals surface area contributed by atoms with Gasteiger partial charge < -0.3 is 24.8 Å². The molecular formula is C22H30N4O3. The normalized spacial score (nSPS) is 20.2. The molecule has 29 heavy (non-hydrogen) atoms. The van der Waals surface area contributed by atoms with Crippen molar-refractivity contribution in [1.82, 2.24) is 9.97 Å². The lowest BCUT2D eigenvalue weighted by atomic mass is 10.1. The van der Waals surface area contributed by atoms with Crippen LogP contribution < -0.4 is 10.2 Å². The van der Waals surface area contributed by atoms with Gasteiger partial charge in [-0.05, 0) is 36.8 Å². The first-order valence-electron chi connectivity index (χ1n) is 10.5. The maximum absolute atomic E-state index is 9.55. The lowest BCUT2D eigenvalue weighted by molar-refractivity contribution is -0.0390. The van der Waals surface area contributed by atoms with E-state index in [1.807, 2.05) is 6.07 Å². The average molecular weight is 399 g/mol. The van der Waals surface area contributed by atoms with E-state index in [1.54, 1.807) is 6.33 Å². The van der Waals surface area contributed by atoms with Crippen molar-refractivity contribution in [1.29, 1.82) is 0 Å². The molecule has 0 radical (unpaired) electrons. The summed E-state index contributed by atoms with van der Waals surface area (Å²) in [5.74, 6) is 1.67. The van der Waals surface area contributed by atoms with Crippen LogP contribution in [0.2, 0.25) is 0 Å². The molecule has 2 aliphatic heterocycles. The minimum atomic E-state index is 0.158. The molecule has 3 heterocycles. The molecule has 2 N–H and O–H groups in total. The van der Waals surface area contributed by atoms with Crippen molar-refractivity contribution >= 4 is 11.6 Å². The fraction of sp³-hybridized carbons (Fsp3) is 0.545. The number of hydrogen-bond acceptors (Lipinski definition) is 7. The Kier molecular flexibility index (Phi) is 6.92. The van der Waals surface area contributed by atoms with E-state index in [-0.39, 0.29) is 12.6 Å². The molecule has 4 rings (SSSR count). The van der Waals surface area contributed by atoms with Crippen LogP contribution in [-0.2, 0) is 22.6 Å². The molecule has 2 saturated heterocycles. The minimum absolute atomic E-state index is 0.158. The zero-order valence-corrected chi connectivity index (χ0v) is 16.8. The van der Waals surface area contributed by atoms with E-state index in [0.717, 1.165) is 57.1 Å². The molecule has 2 aliphatic rings. The Labute approximate surface area is 172 Å². The lowest BCUT2D eigenvalue weighted by Crippen LogP contribution is -2.32. The van der Waals surface area contributed by atoms with Crippen LogP contribution >= 0.6 is 0 Å². The minimum Gasteiger partial charge on any atom is -0.394 e. The highest BCUT2D eigenvalue weighted by Crippen LogP contribution is 2.24. The van der Waals surface area contributed by atoms with Crippen LogP contribution in [0.1, 0.15) is 36.8 Å². The molecule has 1 aromatic heterocycles. The van der Waals surface area contributed by atoms with Crippen LogP contribution in [0.4, 0.5) is 11.6 Å². The summed E-state index contributed by atoms with van der Waals surface area (Å²) in [7, 11) is 0. The van der Waals surface area contributed by atoms with Gasteiger partial charge in [0.1, 0.15) is 18.0 Å². The van der Waals surface area contributed by atoms with Crippen molar-refractivity contribution in [2.45, 2.75) is 51.0 Å². The third-order valence-electron chi connectivity index (χ3n) is 5.65. The van der Waals surface area contributed by atoms with Crippen LogP contribution in [0.3, 0.4) is 0 Å². The van der Waals surface area contributed by atoms with Gasteiger partial charge in [-0.2, -0.15) is 0 Å².